The summed E-state index contributed by atoms with van der Waals surface area (Å²) in [6.07, 6.45) is 2.46. The molecule has 0 bridgehead atoms. The van der Waals surface area contributed by atoms with Gasteiger partial charge in [-0.25, -0.2) is 4.39 Å². The number of hydrogen-bond acceptors (Lipinski definition) is 1. The van der Waals surface area contributed by atoms with Crippen LogP contribution < -0.4 is 5.43 Å². The molecule has 0 unspecified atom stereocenters. The van der Waals surface area contributed by atoms with Gasteiger partial charge in [0.25, 0.3) is 0 Å². The average Bonchev–Trinajstić information content (AvgIpc) is 1.95. The van der Waals surface area contributed by atoms with Crippen LogP contribution in [0.1, 0.15) is 5.69 Å². The van der Waals surface area contributed by atoms with Gasteiger partial charge in [0.2, 0.25) is 5.43 Å². The normalized spacial score (nSPS) is 9.30. The second-order valence-corrected chi connectivity index (χ2v) is 1.80. The van der Waals surface area contributed by atoms with Crippen LogP contribution in [0.4, 0.5) is 4.39 Å². The number of pyridine rings is 1. The number of rotatable bonds is 1. The third kappa shape index (κ3) is 1.13. The van der Waals surface area contributed by atoms with Gasteiger partial charge in [-0.1, -0.05) is 6.58 Å². The molecule has 0 spiro atoms. The Hall–Kier alpha value is -1.38. The van der Waals surface area contributed by atoms with Gasteiger partial charge in [0.05, 0.1) is 0 Å². The first-order valence-corrected chi connectivity index (χ1v) is 2.74. The van der Waals surface area contributed by atoms with Crippen LogP contribution in [0.25, 0.3) is 6.08 Å². The largest absolute Gasteiger partial charge is 0.359 e. The Morgan fingerprint density at radius 1 is 1.70 bits per heavy atom. The highest BCUT2D eigenvalue weighted by atomic mass is 19.1. The lowest BCUT2D eigenvalue weighted by Gasteiger charge is -1.90. The zero-order valence-corrected chi connectivity index (χ0v) is 5.23. The summed E-state index contributed by atoms with van der Waals surface area (Å²) in [7, 11) is 0. The van der Waals surface area contributed by atoms with Gasteiger partial charge >= 0.3 is 0 Å². The maximum Gasteiger partial charge on any atom is 0.217 e. The number of aromatic amines is 1. The molecule has 1 aromatic heterocycles. The fraction of sp³-hybridized carbons (Fsp3) is 0. The molecule has 0 aliphatic carbocycles. The molecule has 52 valence electrons. The van der Waals surface area contributed by atoms with E-state index in [2.05, 4.69) is 11.6 Å². The fourth-order valence-electron chi connectivity index (χ4n) is 0.588. The summed E-state index contributed by atoms with van der Waals surface area (Å²) in [6, 6.07) is 1.16. The first kappa shape index (κ1) is 6.74. The predicted octanol–water partition coefficient (Wildman–Crippen LogP) is 1.16. The topological polar surface area (TPSA) is 32.9 Å². The third-order valence-electron chi connectivity index (χ3n) is 1.11. The van der Waals surface area contributed by atoms with Crippen molar-refractivity contribution in [1.29, 1.82) is 0 Å². The smallest absolute Gasteiger partial charge is 0.217 e. The Balaban J connectivity index is 3.30. The predicted molar refractivity (Wildman–Crippen MR) is 37.1 cm³/mol. The van der Waals surface area contributed by atoms with Gasteiger partial charge in [-0.2, -0.15) is 0 Å². The van der Waals surface area contributed by atoms with Gasteiger partial charge in [0, 0.05) is 18.0 Å². The molecule has 10 heavy (non-hydrogen) atoms. The average molecular weight is 139 g/mol. The Kier molecular flexibility index (Phi) is 1.67. The first-order valence-electron chi connectivity index (χ1n) is 2.74. The molecule has 3 heteroatoms. The van der Waals surface area contributed by atoms with Crippen LogP contribution in [0.3, 0.4) is 0 Å². The van der Waals surface area contributed by atoms with Gasteiger partial charge in [-0.15, -0.1) is 0 Å². The van der Waals surface area contributed by atoms with E-state index in [0.29, 0.717) is 5.69 Å². The molecule has 0 atom stereocenters. The highest BCUT2D eigenvalue weighted by Crippen LogP contribution is 1.91. The van der Waals surface area contributed by atoms with Gasteiger partial charge in [-0.05, 0) is 6.08 Å². The quantitative estimate of drug-likeness (QED) is 0.622. The maximum absolute atomic E-state index is 12.3. The summed E-state index contributed by atoms with van der Waals surface area (Å²) >= 11 is 0. The standard InChI is InChI=1S/C7H6FNO/c1-2-5-3-7(10)6(8)4-9-5/h2-4H,1H2,(H,9,10). The Morgan fingerprint density at radius 2 is 2.40 bits per heavy atom. The van der Waals surface area contributed by atoms with E-state index in [1.807, 2.05) is 0 Å². The SMILES string of the molecule is C=Cc1cc(=O)c(F)c[nH]1. The fourth-order valence-corrected chi connectivity index (χ4v) is 0.588. The van der Waals surface area contributed by atoms with Gasteiger partial charge in [0.1, 0.15) is 0 Å². The maximum atomic E-state index is 12.3. The number of H-pyrrole nitrogens is 1. The van der Waals surface area contributed by atoms with E-state index in [9.17, 15) is 9.18 Å². The Morgan fingerprint density at radius 3 is 2.90 bits per heavy atom. The second-order valence-electron chi connectivity index (χ2n) is 1.80. The van der Waals surface area contributed by atoms with E-state index in [4.69, 9.17) is 0 Å². The lowest BCUT2D eigenvalue weighted by Crippen LogP contribution is -2.05. The molecule has 2 nitrogen and oxygen atoms in total. The third-order valence-corrected chi connectivity index (χ3v) is 1.11. The van der Waals surface area contributed by atoms with Crippen LogP contribution in [0, 0.1) is 5.82 Å². The van der Waals surface area contributed by atoms with Crippen molar-refractivity contribution in [3.8, 4) is 0 Å². The van der Waals surface area contributed by atoms with Crippen molar-refractivity contribution in [1.82, 2.24) is 4.98 Å². The van der Waals surface area contributed by atoms with Crippen molar-refractivity contribution in [3.05, 3.63) is 40.6 Å². The summed E-state index contributed by atoms with van der Waals surface area (Å²) in [4.78, 5) is 13.1. The van der Waals surface area contributed by atoms with Crippen molar-refractivity contribution in [2.24, 2.45) is 0 Å². The van der Waals surface area contributed by atoms with E-state index in [1.54, 1.807) is 0 Å². The molecule has 0 aliphatic rings. The zero-order valence-electron chi connectivity index (χ0n) is 5.23. The van der Waals surface area contributed by atoms with Crippen molar-refractivity contribution >= 4 is 6.08 Å². The van der Waals surface area contributed by atoms with E-state index in [0.717, 1.165) is 12.3 Å². The number of hydrogen-bond donors (Lipinski definition) is 1. The van der Waals surface area contributed by atoms with Crippen LogP contribution in [-0.4, -0.2) is 4.98 Å². The van der Waals surface area contributed by atoms with Gasteiger partial charge in [0.15, 0.2) is 5.82 Å². The van der Waals surface area contributed by atoms with Crippen LogP contribution in [0.15, 0.2) is 23.6 Å². The molecule has 0 aliphatic heterocycles. The molecule has 0 aromatic carbocycles. The second kappa shape index (κ2) is 2.47. The van der Waals surface area contributed by atoms with E-state index in [1.165, 1.54) is 6.08 Å². The minimum Gasteiger partial charge on any atom is -0.359 e. The number of aromatic nitrogens is 1. The number of halogens is 1. The number of nitrogens with one attached hydrogen (secondary N) is 1. The minimum atomic E-state index is -0.773. The van der Waals surface area contributed by atoms with Crippen LogP contribution in [-0.2, 0) is 0 Å². The van der Waals surface area contributed by atoms with Gasteiger partial charge in [-0.3, -0.25) is 4.79 Å². The highest BCUT2D eigenvalue weighted by Gasteiger charge is 1.94. The molecular weight excluding hydrogens is 133 g/mol. The molecule has 0 saturated heterocycles. The van der Waals surface area contributed by atoms with Crippen LogP contribution in [0.2, 0.25) is 0 Å². The molecule has 1 aromatic rings. The zero-order chi connectivity index (χ0) is 7.56. The van der Waals surface area contributed by atoms with Crippen molar-refractivity contribution in [2.75, 3.05) is 0 Å². The molecule has 0 radical (unpaired) electrons. The lowest BCUT2D eigenvalue weighted by atomic mass is 10.3. The Bertz CT molecular complexity index is 303. The monoisotopic (exact) mass is 139 g/mol. The van der Waals surface area contributed by atoms with Crippen LogP contribution >= 0.6 is 0 Å². The van der Waals surface area contributed by atoms with Crippen molar-refractivity contribution in [2.45, 2.75) is 0 Å². The van der Waals surface area contributed by atoms with E-state index in [-0.39, 0.29) is 0 Å². The summed E-state index contributed by atoms with van der Waals surface area (Å²) in [5, 5.41) is 0. The minimum absolute atomic E-state index is 0.520. The molecule has 0 fully saturated rings. The molecule has 1 rings (SSSR count). The first-order chi connectivity index (χ1) is 4.74. The molecule has 1 N–H and O–H groups in total. The Labute approximate surface area is 57.0 Å². The lowest BCUT2D eigenvalue weighted by molar-refractivity contribution is 0.610. The molecule has 1 heterocycles. The van der Waals surface area contributed by atoms with E-state index >= 15 is 0 Å². The summed E-state index contributed by atoms with van der Waals surface area (Å²) in [5.41, 5.74) is -0.0972. The van der Waals surface area contributed by atoms with E-state index < -0.39 is 11.2 Å². The van der Waals surface area contributed by atoms with Crippen molar-refractivity contribution < 1.29 is 4.39 Å². The van der Waals surface area contributed by atoms with Gasteiger partial charge < -0.3 is 4.98 Å². The summed E-state index contributed by atoms with van der Waals surface area (Å²) in [5.74, 6) is -0.773. The molecular formula is C7H6FNO. The molecule has 0 amide bonds. The summed E-state index contributed by atoms with van der Waals surface area (Å²) < 4.78 is 12.3. The molecule has 0 saturated carbocycles. The van der Waals surface area contributed by atoms with Crippen molar-refractivity contribution in [3.63, 3.8) is 0 Å². The summed E-state index contributed by atoms with van der Waals surface area (Å²) in [6.45, 7) is 3.41. The van der Waals surface area contributed by atoms with Crippen LogP contribution in [0.5, 0.6) is 0 Å². The highest BCUT2D eigenvalue weighted by molar-refractivity contribution is 5.40.